The number of ether oxygens (including phenoxy) is 1. The zero-order valence-corrected chi connectivity index (χ0v) is 11.8. The Labute approximate surface area is 119 Å². The topological polar surface area (TPSA) is 26.3 Å². The Morgan fingerprint density at radius 1 is 1.10 bits per heavy atom. The van der Waals surface area contributed by atoms with Crippen molar-refractivity contribution in [1.82, 2.24) is 0 Å². The first kappa shape index (κ1) is 13.3. The third-order valence-electron chi connectivity index (χ3n) is 4.13. The standard InChI is InChI=1S/C18H20O2/c1-13(20-18-12-5-4-11-17(18)19)15-10-6-8-14-7-2-3-9-16(14)15/h2-3,6-10,13,18H,4-5,11-12H2,1H3. The highest BCUT2D eigenvalue weighted by molar-refractivity contribution is 5.86. The van der Waals surface area contributed by atoms with Crippen LogP contribution >= 0.6 is 0 Å². The molecule has 0 N–H and O–H groups in total. The van der Waals surface area contributed by atoms with Gasteiger partial charge in [-0.2, -0.15) is 0 Å². The van der Waals surface area contributed by atoms with Gasteiger partial charge < -0.3 is 4.74 Å². The summed E-state index contributed by atoms with van der Waals surface area (Å²) in [6.45, 7) is 2.05. The summed E-state index contributed by atoms with van der Waals surface area (Å²) in [6, 6.07) is 14.6. The van der Waals surface area contributed by atoms with Gasteiger partial charge in [0.25, 0.3) is 0 Å². The summed E-state index contributed by atoms with van der Waals surface area (Å²) in [5.41, 5.74) is 1.17. The van der Waals surface area contributed by atoms with Crippen LogP contribution in [0.1, 0.15) is 44.3 Å². The van der Waals surface area contributed by atoms with Crippen molar-refractivity contribution < 1.29 is 9.53 Å². The van der Waals surface area contributed by atoms with Crippen molar-refractivity contribution in [2.75, 3.05) is 0 Å². The molecule has 1 fully saturated rings. The molecule has 2 aromatic carbocycles. The second-order valence-corrected chi connectivity index (χ2v) is 5.55. The highest BCUT2D eigenvalue weighted by Crippen LogP contribution is 2.29. The minimum absolute atomic E-state index is 0.0480. The zero-order valence-electron chi connectivity index (χ0n) is 11.8. The Bertz CT molecular complexity index is 612. The molecule has 0 bridgehead atoms. The molecule has 20 heavy (non-hydrogen) atoms. The van der Waals surface area contributed by atoms with E-state index in [2.05, 4.69) is 30.3 Å². The van der Waals surface area contributed by atoms with Crippen molar-refractivity contribution in [3.8, 4) is 0 Å². The third kappa shape index (κ3) is 2.61. The Hall–Kier alpha value is -1.67. The van der Waals surface area contributed by atoms with Gasteiger partial charge in [-0.3, -0.25) is 4.79 Å². The molecular formula is C18H20O2. The number of ketones is 1. The van der Waals surface area contributed by atoms with E-state index < -0.39 is 0 Å². The lowest BCUT2D eigenvalue weighted by molar-refractivity contribution is -0.137. The van der Waals surface area contributed by atoms with Crippen molar-refractivity contribution >= 4 is 16.6 Å². The van der Waals surface area contributed by atoms with E-state index in [0.717, 1.165) is 19.3 Å². The SMILES string of the molecule is CC(OC1CCCCC1=O)c1cccc2ccccc12. The van der Waals surface area contributed by atoms with Crippen LogP contribution in [-0.2, 0) is 9.53 Å². The molecule has 0 heterocycles. The number of carbonyl (C=O) groups excluding carboxylic acids is 1. The number of carbonyl (C=O) groups is 1. The number of Topliss-reactive ketones (excluding diaryl/α,β-unsaturated/α-hetero) is 1. The number of benzene rings is 2. The highest BCUT2D eigenvalue weighted by atomic mass is 16.5. The maximum absolute atomic E-state index is 11.9. The number of rotatable bonds is 3. The van der Waals surface area contributed by atoms with E-state index in [-0.39, 0.29) is 18.0 Å². The molecule has 2 atom stereocenters. The van der Waals surface area contributed by atoms with Gasteiger partial charge in [-0.1, -0.05) is 42.5 Å². The lowest BCUT2D eigenvalue weighted by Crippen LogP contribution is -2.28. The van der Waals surface area contributed by atoms with Crippen molar-refractivity contribution in [3.05, 3.63) is 48.0 Å². The molecule has 0 amide bonds. The second-order valence-electron chi connectivity index (χ2n) is 5.55. The number of hydrogen-bond donors (Lipinski definition) is 0. The van der Waals surface area contributed by atoms with E-state index >= 15 is 0 Å². The molecule has 3 rings (SSSR count). The monoisotopic (exact) mass is 268 g/mol. The third-order valence-corrected chi connectivity index (χ3v) is 4.13. The van der Waals surface area contributed by atoms with E-state index in [1.54, 1.807) is 0 Å². The van der Waals surface area contributed by atoms with Gasteiger partial charge in [-0.15, -0.1) is 0 Å². The molecule has 2 unspecified atom stereocenters. The average molecular weight is 268 g/mol. The molecule has 1 aliphatic rings. The quantitative estimate of drug-likeness (QED) is 0.823. The van der Waals surface area contributed by atoms with E-state index in [1.807, 2.05) is 19.1 Å². The average Bonchev–Trinajstić information content (AvgIpc) is 2.49. The molecule has 0 aliphatic heterocycles. The van der Waals surface area contributed by atoms with Crippen LogP contribution in [0, 0.1) is 0 Å². The van der Waals surface area contributed by atoms with Crippen LogP contribution in [0.3, 0.4) is 0 Å². The minimum atomic E-state index is -0.210. The van der Waals surface area contributed by atoms with Crippen LogP contribution in [0.4, 0.5) is 0 Å². The fraction of sp³-hybridized carbons (Fsp3) is 0.389. The van der Waals surface area contributed by atoms with Crippen molar-refractivity contribution in [2.24, 2.45) is 0 Å². The molecule has 0 saturated heterocycles. The predicted molar refractivity (Wildman–Crippen MR) is 80.7 cm³/mol. The smallest absolute Gasteiger partial charge is 0.161 e. The summed E-state index contributed by atoms with van der Waals surface area (Å²) in [5, 5.41) is 2.43. The molecular weight excluding hydrogens is 248 g/mol. The fourth-order valence-corrected chi connectivity index (χ4v) is 3.02. The van der Waals surface area contributed by atoms with Crippen molar-refractivity contribution in [1.29, 1.82) is 0 Å². The molecule has 104 valence electrons. The summed E-state index contributed by atoms with van der Waals surface area (Å²) in [4.78, 5) is 11.9. The maximum Gasteiger partial charge on any atom is 0.161 e. The predicted octanol–water partition coefficient (Wildman–Crippen LogP) is 4.43. The summed E-state index contributed by atoms with van der Waals surface area (Å²) < 4.78 is 6.05. The van der Waals surface area contributed by atoms with Crippen LogP contribution in [0.15, 0.2) is 42.5 Å². The summed E-state index contributed by atoms with van der Waals surface area (Å²) >= 11 is 0. The van der Waals surface area contributed by atoms with Crippen molar-refractivity contribution in [2.45, 2.75) is 44.8 Å². The van der Waals surface area contributed by atoms with Gasteiger partial charge in [0, 0.05) is 6.42 Å². The van der Waals surface area contributed by atoms with Crippen LogP contribution < -0.4 is 0 Å². The van der Waals surface area contributed by atoms with Gasteiger partial charge in [0.15, 0.2) is 5.78 Å². The Morgan fingerprint density at radius 3 is 2.75 bits per heavy atom. The van der Waals surface area contributed by atoms with E-state index in [0.29, 0.717) is 6.42 Å². The lowest BCUT2D eigenvalue weighted by Gasteiger charge is -2.25. The first-order chi connectivity index (χ1) is 9.75. The van der Waals surface area contributed by atoms with Crippen LogP contribution in [0.2, 0.25) is 0 Å². The molecule has 2 nitrogen and oxygen atoms in total. The molecule has 2 heteroatoms. The number of fused-ring (bicyclic) bond motifs is 1. The van der Waals surface area contributed by atoms with Gasteiger partial charge in [0.2, 0.25) is 0 Å². The maximum atomic E-state index is 11.9. The van der Waals surface area contributed by atoms with Crippen molar-refractivity contribution in [3.63, 3.8) is 0 Å². The molecule has 0 aromatic heterocycles. The summed E-state index contributed by atoms with van der Waals surface area (Å²) in [7, 11) is 0. The summed E-state index contributed by atoms with van der Waals surface area (Å²) in [5.74, 6) is 0.267. The first-order valence-corrected chi connectivity index (χ1v) is 7.41. The zero-order chi connectivity index (χ0) is 13.9. The largest absolute Gasteiger partial charge is 0.363 e. The second kappa shape index (κ2) is 5.76. The fourth-order valence-electron chi connectivity index (χ4n) is 3.02. The van der Waals surface area contributed by atoms with E-state index in [9.17, 15) is 4.79 Å². The van der Waals surface area contributed by atoms with E-state index in [4.69, 9.17) is 4.74 Å². The van der Waals surface area contributed by atoms with Gasteiger partial charge in [0.1, 0.15) is 6.10 Å². The minimum Gasteiger partial charge on any atom is -0.363 e. The molecule has 1 saturated carbocycles. The molecule has 1 aliphatic carbocycles. The molecule has 2 aromatic rings. The normalized spacial score (nSPS) is 21.1. The first-order valence-electron chi connectivity index (χ1n) is 7.41. The van der Waals surface area contributed by atoms with Crippen LogP contribution in [0.5, 0.6) is 0 Å². The molecule has 0 radical (unpaired) electrons. The van der Waals surface area contributed by atoms with Gasteiger partial charge in [-0.25, -0.2) is 0 Å². The Kier molecular flexibility index (Phi) is 3.83. The molecule has 0 spiro atoms. The lowest BCUT2D eigenvalue weighted by atomic mass is 9.95. The van der Waals surface area contributed by atoms with Crippen LogP contribution in [0.25, 0.3) is 10.8 Å². The van der Waals surface area contributed by atoms with Gasteiger partial charge in [0.05, 0.1) is 6.10 Å². The number of hydrogen-bond acceptors (Lipinski definition) is 2. The van der Waals surface area contributed by atoms with Crippen LogP contribution in [-0.4, -0.2) is 11.9 Å². The van der Waals surface area contributed by atoms with E-state index in [1.165, 1.54) is 16.3 Å². The Balaban J connectivity index is 1.85. The van der Waals surface area contributed by atoms with Gasteiger partial charge >= 0.3 is 0 Å². The summed E-state index contributed by atoms with van der Waals surface area (Å²) in [6.07, 6.45) is 3.40. The Morgan fingerprint density at radius 2 is 1.90 bits per heavy atom. The van der Waals surface area contributed by atoms with Gasteiger partial charge in [-0.05, 0) is 42.5 Å². The highest BCUT2D eigenvalue weighted by Gasteiger charge is 2.25.